The van der Waals surface area contributed by atoms with Crippen LogP contribution in [0, 0.1) is 5.41 Å². The number of allylic oxidation sites excluding steroid dienone is 1. The maximum Gasteiger partial charge on any atom is 0.191 e. The van der Waals surface area contributed by atoms with Crippen LogP contribution in [0.4, 0.5) is 0 Å². The minimum Gasteiger partial charge on any atom is -0.356 e. The van der Waals surface area contributed by atoms with E-state index in [0.29, 0.717) is 13.0 Å². The maximum absolute atomic E-state index is 11.3. The van der Waals surface area contributed by atoms with Crippen LogP contribution in [0.2, 0.25) is 0 Å². The predicted molar refractivity (Wildman–Crippen MR) is 98.6 cm³/mol. The first-order valence-corrected chi connectivity index (χ1v) is 10.6. The van der Waals surface area contributed by atoms with Gasteiger partial charge in [0.25, 0.3) is 0 Å². The molecule has 0 radical (unpaired) electrons. The summed E-state index contributed by atoms with van der Waals surface area (Å²) in [6, 6.07) is 0. The first-order valence-electron chi connectivity index (χ1n) is 8.52. The largest absolute Gasteiger partial charge is 0.356 e. The number of hydrogen-bond donors (Lipinski definition) is 2. The summed E-state index contributed by atoms with van der Waals surface area (Å²) in [5.41, 5.74) is 1.46. The Labute approximate surface area is 142 Å². The smallest absolute Gasteiger partial charge is 0.191 e. The lowest BCUT2D eigenvalue weighted by Gasteiger charge is -2.26. The average Bonchev–Trinajstić information content (AvgIpc) is 2.49. The van der Waals surface area contributed by atoms with E-state index in [-0.39, 0.29) is 11.2 Å². The van der Waals surface area contributed by atoms with Gasteiger partial charge in [0.15, 0.2) is 5.96 Å². The lowest BCUT2D eigenvalue weighted by Crippen LogP contribution is -2.42. The van der Waals surface area contributed by atoms with Gasteiger partial charge in [-0.15, -0.1) is 0 Å². The monoisotopic (exact) mass is 343 g/mol. The van der Waals surface area contributed by atoms with Crippen LogP contribution in [0.15, 0.2) is 16.6 Å². The van der Waals surface area contributed by atoms with Crippen LogP contribution in [0.1, 0.15) is 52.4 Å². The van der Waals surface area contributed by atoms with Crippen LogP contribution < -0.4 is 10.6 Å². The van der Waals surface area contributed by atoms with Crippen molar-refractivity contribution >= 4 is 15.8 Å². The van der Waals surface area contributed by atoms with Crippen molar-refractivity contribution in [2.24, 2.45) is 10.4 Å². The molecule has 0 saturated heterocycles. The summed E-state index contributed by atoms with van der Waals surface area (Å²) in [7, 11) is -1.15. The van der Waals surface area contributed by atoms with E-state index < -0.39 is 9.84 Å². The second-order valence-electron chi connectivity index (χ2n) is 7.25. The van der Waals surface area contributed by atoms with Crippen LogP contribution >= 0.6 is 0 Å². The molecule has 1 rings (SSSR count). The summed E-state index contributed by atoms with van der Waals surface area (Å²) in [5.74, 6) is 1.01. The van der Waals surface area contributed by atoms with Crippen molar-refractivity contribution in [2.75, 3.05) is 32.1 Å². The van der Waals surface area contributed by atoms with Crippen LogP contribution in [0.3, 0.4) is 0 Å². The number of sulfone groups is 1. The summed E-state index contributed by atoms with van der Waals surface area (Å²) in [4.78, 5) is 4.24. The average molecular weight is 344 g/mol. The van der Waals surface area contributed by atoms with Gasteiger partial charge in [0, 0.05) is 26.4 Å². The predicted octanol–water partition coefficient (Wildman–Crippen LogP) is 2.50. The van der Waals surface area contributed by atoms with E-state index in [9.17, 15) is 8.42 Å². The van der Waals surface area contributed by atoms with Crippen molar-refractivity contribution in [2.45, 2.75) is 52.4 Å². The van der Waals surface area contributed by atoms with E-state index in [1.54, 1.807) is 12.6 Å². The van der Waals surface area contributed by atoms with Gasteiger partial charge in [-0.25, -0.2) is 8.42 Å². The number of rotatable bonds is 8. The standard InChI is InChI=1S/C17H33N3O2S/c1-17(2,11-13-23(4,21)22)14-20-16(18-3)19-12-10-15-8-6-5-7-9-15/h8H,5-7,9-14H2,1-4H3,(H2,18,19,20). The molecule has 1 aliphatic carbocycles. The van der Waals surface area contributed by atoms with Gasteiger partial charge >= 0.3 is 0 Å². The Morgan fingerprint density at radius 3 is 2.61 bits per heavy atom. The van der Waals surface area contributed by atoms with Gasteiger partial charge in [-0.1, -0.05) is 25.5 Å². The lowest BCUT2D eigenvalue weighted by molar-refractivity contribution is 0.348. The normalized spacial score (nSPS) is 16.9. The van der Waals surface area contributed by atoms with Crippen LogP contribution in [0.25, 0.3) is 0 Å². The zero-order chi connectivity index (χ0) is 17.3. The van der Waals surface area contributed by atoms with E-state index in [4.69, 9.17) is 0 Å². The molecule has 134 valence electrons. The third kappa shape index (κ3) is 9.64. The molecule has 0 heterocycles. The van der Waals surface area contributed by atoms with Gasteiger partial charge in [0.1, 0.15) is 9.84 Å². The van der Waals surface area contributed by atoms with Crippen LogP contribution in [-0.4, -0.2) is 46.5 Å². The highest BCUT2D eigenvalue weighted by Gasteiger charge is 2.20. The molecule has 1 aliphatic rings. The highest BCUT2D eigenvalue weighted by atomic mass is 32.2. The Balaban J connectivity index is 2.31. The molecule has 23 heavy (non-hydrogen) atoms. The SMILES string of the molecule is CN=C(NCCC1=CCCCC1)NCC(C)(C)CCS(C)(=O)=O. The van der Waals surface area contributed by atoms with Gasteiger partial charge in [-0.2, -0.15) is 0 Å². The molecule has 0 aromatic heterocycles. The summed E-state index contributed by atoms with van der Waals surface area (Å²) in [6.07, 6.45) is 10.5. The van der Waals surface area contributed by atoms with Gasteiger partial charge < -0.3 is 10.6 Å². The first-order chi connectivity index (χ1) is 10.7. The highest BCUT2D eigenvalue weighted by Crippen LogP contribution is 2.20. The molecule has 0 atom stereocenters. The summed E-state index contributed by atoms with van der Waals surface area (Å²) in [5, 5.41) is 6.65. The number of nitrogens with one attached hydrogen (secondary N) is 2. The maximum atomic E-state index is 11.3. The molecule has 2 N–H and O–H groups in total. The number of hydrogen-bond acceptors (Lipinski definition) is 3. The molecule has 6 heteroatoms. The highest BCUT2D eigenvalue weighted by molar-refractivity contribution is 7.90. The van der Waals surface area contributed by atoms with E-state index in [2.05, 4.69) is 35.5 Å². The van der Waals surface area contributed by atoms with Gasteiger partial charge in [-0.05, 0) is 43.9 Å². The molecule has 0 aliphatic heterocycles. The fraction of sp³-hybridized carbons (Fsp3) is 0.824. The van der Waals surface area contributed by atoms with E-state index in [0.717, 1.165) is 18.9 Å². The molecule has 0 fully saturated rings. The molecule has 0 spiro atoms. The lowest BCUT2D eigenvalue weighted by atomic mass is 9.90. The van der Waals surface area contributed by atoms with Crippen LogP contribution in [0.5, 0.6) is 0 Å². The van der Waals surface area contributed by atoms with E-state index in [1.807, 2.05) is 0 Å². The number of guanidine groups is 1. The van der Waals surface area contributed by atoms with E-state index >= 15 is 0 Å². The van der Waals surface area contributed by atoms with E-state index in [1.165, 1.54) is 31.9 Å². The molecular weight excluding hydrogens is 310 g/mol. The van der Waals surface area contributed by atoms with Crippen LogP contribution in [-0.2, 0) is 9.84 Å². The van der Waals surface area contributed by atoms with Crippen molar-refractivity contribution in [1.29, 1.82) is 0 Å². The molecule has 0 aromatic carbocycles. The number of aliphatic imine (C=N–C) groups is 1. The zero-order valence-corrected chi connectivity index (χ0v) is 15.9. The summed E-state index contributed by atoms with van der Waals surface area (Å²) in [6.45, 7) is 5.73. The molecule has 0 saturated carbocycles. The molecule has 5 nitrogen and oxygen atoms in total. The quantitative estimate of drug-likeness (QED) is 0.403. The van der Waals surface area contributed by atoms with Gasteiger partial charge in [0.2, 0.25) is 0 Å². The fourth-order valence-corrected chi connectivity index (χ4v) is 3.49. The Hall–Kier alpha value is -1.04. The Morgan fingerprint density at radius 1 is 1.30 bits per heavy atom. The second-order valence-corrected chi connectivity index (χ2v) is 9.51. The van der Waals surface area contributed by atoms with Crippen molar-refractivity contribution in [1.82, 2.24) is 10.6 Å². The topological polar surface area (TPSA) is 70.6 Å². The molecular formula is C17H33N3O2S. The van der Waals surface area contributed by atoms with Crippen molar-refractivity contribution in [3.05, 3.63) is 11.6 Å². The van der Waals surface area contributed by atoms with Crippen molar-refractivity contribution < 1.29 is 8.42 Å². The fourth-order valence-electron chi connectivity index (χ4n) is 2.57. The minimum atomic E-state index is -2.91. The molecule has 0 unspecified atom stereocenters. The third-order valence-electron chi connectivity index (χ3n) is 4.23. The van der Waals surface area contributed by atoms with Crippen molar-refractivity contribution in [3.63, 3.8) is 0 Å². The summed E-state index contributed by atoms with van der Waals surface area (Å²) >= 11 is 0. The second kappa shape index (κ2) is 9.30. The minimum absolute atomic E-state index is 0.0907. The van der Waals surface area contributed by atoms with Gasteiger partial charge in [0.05, 0.1) is 5.75 Å². The Morgan fingerprint density at radius 2 is 2.04 bits per heavy atom. The number of nitrogens with zero attached hydrogens (tertiary/aromatic N) is 1. The van der Waals surface area contributed by atoms with Gasteiger partial charge in [-0.3, -0.25) is 4.99 Å². The zero-order valence-electron chi connectivity index (χ0n) is 15.1. The molecule has 0 aromatic rings. The third-order valence-corrected chi connectivity index (χ3v) is 5.18. The Bertz CT molecular complexity index is 522. The Kier molecular flexibility index (Phi) is 8.09. The first kappa shape index (κ1) is 20.0. The molecule has 0 bridgehead atoms. The summed E-state index contributed by atoms with van der Waals surface area (Å²) < 4.78 is 22.6. The van der Waals surface area contributed by atoms with Crippen molar-refractivity contribution in [3.8, 4) is 0 Å². The molecule has 0 amide bonds.